The molecular formula is C22H14O3S. The zero-order chi connectivity index (χ0) is 17.9. The third kappa shape index (κ3) is 1.80. The SMILES string of the molecule is O=C(c1cccs1)[C@@H]1[C@@H](c2ccccc2)C12C(=O)c1ccccc1C2=O. The quantitative estimate of drug-likeness (QED) is 0.515. The van der Waals surface area contributed by atoms with Gasteiger partial charge in [-0.3, -0.25) is 14.4 Å². The van der Waals surface area contributed by atoms with Gasteiger partial charge in [0.1, 0.15) is 5.41 Å². The Hall–Kier alpha value is -2.85. The largest absolute Gasteiger partial charge is 0.293 e. The standard InChI is InChI=1S/C22H14O3S/c23-19(16-11-6-12-26-16)18-17(13-7-2-1-3-8-13)22(18)20(24)14-9-4-5-10-15(14)21(22)25/h1-12,17-18H/t17-,18+/m1/s1. The number of Topliss-reactive ketones (excluding diaryl/α,β-unsaturated/α-hetero) is 3. The van der Waals surface area contributed by atoms with Crippen LogP contribution < -0.4 is 0 Å². The lowest BCUT2D eigenvalue weighted by atomic mass is 9.92. The van der Waals surface area contributed by atoms with Gasteiger partial charge in [0.2, 0.25) is 0 Å². The first-order valence-electron chi connectivity index (χ1n) is 8.48. The van der Waals surface area contributed by atoms with Gasteiger partial charge in [0.25, 0.3) is 0 Å². The molecule has 2 aliphatic carbocycles. The number of hydrogen-bond acceptors (Lipinski definition) is 4. The van der Waals surface area contributed by atoms with Gasteiger partial charge in [-0.1, -0.05) is 60.7 Å². The Balaban J connectivity index is 1.68. The third-order valence-corrected chi connectivity index (χ3v) is 6.46. The number of carbonyl (C=O) groups is 3. The topological polar surface area (TPSA) is 51.2 Å². The van der Waals surface area contributed by atoms with E-state index in [1.807, 2.05) is 41.8 Å². The fraction of sp³-hybridized carbons (Fsp3) is 0.136. The van der Waals surface area contributed by atoms with E-state index >= 15 is 0 Å². The molecule has 26 heavy (non-hydrogen) atoms. The molecule has 3 aromatic rings. The maximum Gasteiger partial charge on any atom is 0.178 e. The minimum absolute atomic E-state index is 0.108. The Morgan fingerprint density at radius 3 is 2.00 bits per heavy atom. The van der Waals surface area contributed by atoms with E-state index in [0.717, 1.165) is 5.56 Å². The van der Waals surface area contributed by atoms with E-state index in [4.69, 9.17) is 0 Å². The summed E-state index contributed by atoms with van der Waals surface area (Å²) in [4.78, 5) is 40.3. The number of carbonyl (C=O) groups excluding carboxylic acids is 3. The van der Waals surface area contributed by atoms with Gasteiger partial charge in [-0.05, 0) is 17.0 Å². The normalized spacial score (nSPS) is 22.5. The lowest BCUT2D eigenvalue weighted by Gasteiger charge is -2.06. The molecule has 0 radical (unpaired) electrons. The molecule has 1 fully saturated rings. The van der Waals surface area contributed by atoms with Crippen molar-refractivity contribution in [1.82, 2.24) is 0 Å². The van der Waals surface area contributed by atoms with E-state index < -0.39 is 17.3 Å². The van der Waals surface area contributed by atoms with Crippen molar-refractivity contribution in [2.24, 2.45) is 11.3 Å². The number of fused-ring (bicyclic) bond motifs is 1. The monoisotopic (exact) mass is 358 g/mol. The molecule has 2 aromatic carbocycles. The molecule has 1 heterocycles. The second-order valence-electron chi connectivity index (χ2n) is 6.78. The fourth-order valence-corrected chi connectivity index (χ4v) is 5.13. The summed E-state index contributed by atoms with van der Waals surface area (Å²) in [5.41, 5.74) is 0.489. The average Bonchev–Trinajstić information content (AvgIpc) is 2.97. The number of ketones is 3. The molecule has 3 nitrogen and oxygen atoms in total. The van der Waals surface area contributed by atoms with Crippen LogP contribution >= 0.6 is 11.3 Å². The molecule has 5 rings (SSSR count). The van der Waals surface area contributed by atoms with Gasteiger partial charge in [-0.15, -0.1) is 11.3 Å². The molecule has 2 aliphatic rings. The Bertz CT molecular complexity index is 1020. The highest BCUT2D eigenvalue weighted by molar-refractivity contribution is 7.12. The van der Waals surface area contributed by atoms with Crippen LogP contribution in [0.5, 0.6) is 0 Å². The van der Waals surface area contributed by atoms with Crippen molar-refractivity contribution in [3.05, 3.63) is 93.7 Å². The number of rotatable bonds is 3. The van der Waals surface area contributed by atoms with E-state index in [9.17, 15) is 14.4 Å². The van der Waals surface area contributed by atoms with Crippen molar-refractivity contribution in [2.45, 2.75) is 5.92 Å². The first kappa shape index (κ1) is 15.4. The summed E-state index contributed by atoms with van der Waals surface area (Å²) in [7, 11) is 0. The predicted octanol–water partition coefficient (Wildman–Crippen LogP) is 4.41. The van der Waals surface area contributed by atoms with Crippen LogP contribution in [0.2, 0.25) is 0 Å². The van der Waals surface area contributed by atoms with E-state index in [1.54, 1.807) is 30.3 Å². The number of hydrogen-bond donors (Lipinski definition) is 0. The van der Waals surface area contributed by atoms with Gasteiger partial charge >= 0.3 is 0 Å². The summed E-state index contributed by atoms with van der Waals surface area (Å²) in [6.07, 6.45) is 0. The molecule has 126 valence electrons. The van der Waals surface area contributed by atoms with E-state index in [2.05, 4.69) is 0 Å². The maximum atomic E-state index is 13.3. The van der Waals surface area contributed by atoms with Crippen LogP contribution in [0.4, 0.5) is 0 Å². The molecule has 0 N–H and O–H groups in total. The van der Waals surface area contributed by atoms with Gasteiger partial charge in [-0.25, -0.2) is 0 Å². The smallest absolute Gasteiger partial charge is 0.178 e. The molecule has 0 saturated heterocycles. The maximum absolute atomic E-state index is 13.3. The van der Waals surface area contributed by atoms with Crippen molar-refractivity contribution >= 4 is 28.7 Å². The average molecular weight is 358 g/mol. The minimum atomic E-state index is -1.27. The van der Waals surface area contributed by atoms with Gasteiger partial charge in [0, 0.05) is 17.0 Å². The molecule has 0 amide bonds. The lowest BCUT2D eigenvalue weighted by molar-refractivity contribution is 0.0765. The summed E-state index contributed by atoms with van der Waals surface area (Å²) < 4.78 is 0. The van der Waals surface area contributed by atoms with Crippen LogP contribution in [-0.4, -0.2) is 17.3 Å². The van der Waals surface area contributed by atoms with Crippen molar-refractivity contribution in [3.8, 4) is 0 Å². The van der Waals surface area contributed by atoms with Gasteiger partial charge in [0.15, 0.2) is 17.3 Å². The van der Waals surface area contributed by atoms with Crippen molar-refractivity contribution in [3.63, 3.8) is 0 Å². The van der Waals surface area contributed by atoms with Crippen LogP contribution in [0, 0.1) is 11.3 Å². The first-order chi connectivity index (χ1) is 12.7. The van der Waals surface area contributed by atoms with Crippen molar-refractivity contribution < 1.29 is 14.4 Å². The lowest BCUT2D eigenvalue weighted by Crippen LogP contribution is -2.23. The summed E-state index contributed by atoms with van der Waals surface area (Å²) in [5, 5.41) is 1.84. The molecule has 0 unspecified atom stereocenters. The third-order valence-electron chi connectivity index (χ3n) is 5.58. The Morgan fingerprint density at radius 2 is 1.42 bits per heavy atom. The minimum Gasteiger partial charge on any atom is -0.293 e. The Morgan fingerprint density at radius 1 is 0.808 bits per heavy atom. The second kappa shape index (κ2) is 5.32. The highest BCUT2D eigenvalue weighted by Crippen LogP contribution is 2.70. The molecule has 1 spiro atoms. The van der Waals surface area contributed by atoms with Crippen LogP contribution in [0.15, 0.2) is 72.1 Å². The van der Waals surface area contributed by atoms with E-state index in [1.165, 1.54) is 11.3 Å². The first-order valence-corrected chi connectivity index (χ1v) is 9.36. The van der Waals surface area contributed by atoms with E-state index in [0.29, 0.717) is 16.0 Å². The summed E-state index contributed by atoms with van der Waals surface area (Å²) in [5.74, 6) is -1.55. The zero-order valence-electron chi connectivity index (χ0n) is 13.7. The molecular weight excluding hydrogens is 344 g/mol. The molecule has 1 saturated carbocycles. The zero-order valence-corrected chi connectivity index (χ0v) is 14.5. The van der Waals surface area contributed by atoms with Crippen LogP contribution in [0.25, 0.3) is 0 Å². The second-order valence-corrected chi connectivity index (χ2v) is 7.73. The molecule has 0 bridgehead atoms. The molecule has 1 aromatic heterocycles. The fourth-order valence-electron chi connectivity index (χ4n) is 4.43. The summed E-state index contributed by atoms with van der Waals surface area (Å²) in [6.45, 7) is 0. The Labute approximate surface area is 154 Å². The Kier molecular flexibility index (Phi) is 3.15. The van der Waals surface area contributed by atoms with Crippen molar-refractivity contribution in [1.29, 1.82) is 0 Å². The van der Waals surface area contributed by atoms with Crippen LogP contribution in [0.1, 0.15) is 41.9 Å². The number of benzene rings is 2. The number of thiophene rings is 1. The van der Waals surface area contributed by atoms with Crippen molar-refractivity contribution in [2.75, 3.05) is 0 Å². The molecule has 2 atom stereocenters. The van der Waals surface area contributed by atoms with E-state index in [-0.39, 0.29) is 17.3 Å². The van der Waals surface area contributed by atoms with Crippen LogP contribution in [-0.2, 0) is 0 Å². The predicted molar refractivity (Wildman–Crippen MR) is 98.9 cm³/mol. The van der Waals surface area contributed by atoms with Gasteiger partial charge in [-0.2, -0.15) is 0 Å². The molecule has 4 heteroatoms. The van der Waals surface area contributed by atoms with Gasteiger partial charge in [0.05, 0.1) is 10.8 Å². The van der Waals surface area contributed by atoms with Crippen LogP contribution in [0.3, 0.4) is 0 Å². The highest BCUT2D eigenvalue weighted by Gasteiger charge is 2.79. The summed E-state index contributed by atoms with van der Waals surface area (Å²) in [6, 6.07) is 19.9. The highest BCUT2D eigenvalue weighted by atomic mass is 32.1. The van der Waals surface area contributed by atoms with Gasteiger partial charge < -0.3 is 0 Å². The molecule has 0 aliphatic heterocycles. The summed E-state index contributed by atoms with van der Waals surface area (Å²) >= 11 is 1.35.